The van der Waals surface area contributed by atoms with Crippen LogP contribution in [0.25, 0.3) is 0 Å². The summed E-state index contributed by atoms with van der Waals surface area (Å²) < 4.78 is 5.78. The summed E-state index contributed by atoms with van der Waals surface area (Å²) in [6.07, 6.45) is 12.9. The molecule has 1 unspecified atom stereocenters. The van der Waals surface area contributed by atoms with Gasteiger partial charge in [-0.25, -0.2) is 0 Å². The molecule has 0 spiro atoms. The van der Waals surface area contributed by atoms with Gasteiger partial charge in [0.2, 0.25) is 0 Å². The zero-order chi connectivity index (χ0) is 15.5. The van der Waals surface area contributed by atoms with Crippen molar-refractivity contribution in [3.05, 3.63) is 0 Å². The molecule has 4 saturated carbocycles. The molecule has 4 fully saturated rings. The van der Waals surface area contributed by atoms with E-state index in [2.05, 4.69) is 13.8 Å². The first-order valence-corrected chi connectivity index (χ1v) is 9.76. The molecule has 8 atom stereocenters. The van der Waals surface area contributed by atoms with Crippen LogP contribution in [0.5, 0.6) is 0 Å². The Morgan fingerprint density at radius 2 is 1.77 bits per heavy atom. The van der Waals surface area contributed by atoms with Gasteiger partial charge in [0.25, 0.3) is 0 Å². The maximum absolute atomic E-state index is 6.55. The van der Waals surface area contributed by atoms with Gasteiger partial charge in [-0.1, -0.05) is 20.3 Å². The van der Waals surface area contributed by atoms with E-state index in [1.54, 1.807) is 0 Å². The molecule has 0 saturated heterocycles. The maximum atomic E-state index is 6.55. The Morgan fingerprint density at radius 1 is 0.955 bits per heavy atom. The number of methoxy groups -OCH3 is 1. The minimum Gasteiger partial charge on any atom is -0.381 e. The van der Waals surface area contributed by atoms with Gasteiger partial charge in [0.15, 0.2) is 0 Å². The smallest absolute Gasteiger partial charge is 0.0579 e. The van der Waals surface area contributed by atoms with Crippen molar-refractivity contribution in [1.82, 2.24) is 0 Å². The Kier molecular flexibility index (Phi) is 3.66. The standard InChI is InChI=1S/C20H35NO/c1-19-10-8-15-14(17(19)11-13(12-19)22-3)6-7-16-18(21)5-4-9-20(15,16)2/h13-18H,4-12,21H2,1-3H3/t13-,14+,15-,16-,17-,18?,19+,20+/m0/s1. The van der Waals surface area contributed by atoms with Gasteiger partial charge >= 0.3 is 0 Å². The van der Waals surface area contributed by atoms with Gasteiger partial charge in [0.1, 0.15) is 0 Å². The molecule has 22 heavy (non-hydrogen) atoms. The maximum Gasteiger partial charge on any atom is 0.0579 e. The average Bonchev–Trinajstić information content (AvgIpc) is 2.84. The Bertz CT molecular complexity index is 437. The van der Waals surface area contributed by atoms with Gasteiger partial charge in [-0.15, -0.1) is 0 Å². The number of ether oxygens (including phenoxy) is 1. The second kappa shape index (κ2) is 5.21. The lowest BCUT2D eigenvalue weighted by atomic mass is 9.45. The normalized spacial score (nSPS) is 57.8. The van der Waals surface area contributed by atoms with Gasteiger partial charge in [0.05, 0.1) is 6.10 Å². The van der Waals surface area contributed by atoms with E-state index in [1.165, 1.54) is 57.8 Å². The minimum absolute atomic E-state index is 0.475. The highest BCUT2D eigenvalue weighted by Crippen LogP contribution is 2.66. The number of hydrogen-bond donors (Lipinski definition) is 1. The summed E-state index contributed by atoms with van der Waals surface area (Å²) in [5, 5.41) is 0. The van der Waals surface area contributed by atoms with E-state index in [0.29, 0.717) is 23.0 Å². The molecule has 0 aliphatic heterocycles. The van der Waals surface area contributed by atoms with E-state index in [0.717, 1.165) is 23.7 Å². The lowest BCUT2D eigenvalue weighted by Crippen LogP contribution is -2.56. The fraction of sp³-hybridized carbons (Fsp3) is 1.00. The van der Waals surface area contributed by atoms with Crippen molar-refractivity contribution in [2.75, 3.05) is 7.11 Å². The largest absolute Gasteiger partial charge is 0.381 e. The average molecular weight is 306 g/mol. The number of rotatable bonds is 1. The molecule has 0 heterocycles. The van der Waals surface area contributed by atoms with Gasteiger partial charge in [-0.3, -0.25) is 0 Å². The molecule has 2 N–H and O–H groups in total. The molecule has 2 heteroatoms. The molecule has 4 aliphatic carbocycles. The van der Waals surface area contributed by atoms with Crippen LogP contribution in [0.15, 0.2) is 0 Å². The van der Waals surface area contributed by atoms with Crippen LogP contribution < -0.4 is 5.73 Å². The third kappa shape index (κ3) is 2.05. The number of hydrogen-bond acceptors (Lipinski definition) is 2. The molecule has 0 amide bonds. The Labute approximate surface area is 136 Å². The van der Waals surface area contributed by atoms with Gasteiger partial charge < -0.3 is 10.5 Å². The summed E-state index contributed by atoms with van der Waals surface area (Å²) in [6.45, 7) is 5.17. The van der Waals surface area contributed by atoms with Crippen LogP contribution in [0, 0.1) is 34.5 Å². The fourth-order valence-electron chi connectivity index (χ4n) is 7.65. The van der Waals surface area contributed by atoms with Gasteiger partial charge in [0, 0.05) is 13.2 Å². The molecule has 126 valence electrons. The molecule has 4 rings (SSSR count). The zero-order valence-corrected chi connectivity index (χ0v) is 14.8. The number of fused-ring (bicyclic) bond motifs is 5. The van der Waals surface area contributed by atoms with Crippen molar-refractivity contribution in [3.8, 4) is 0 Å². The van der Waals surface area contributed by atoms with Gasteiger partial charge in [-0.05, 0) is 85.9 Å². The van der Waals surface area contributed by atoms with E-state index in [-0.39, 0.29) is 0 Å². The van der Waals surface area contributed by atoms with E-state index in [4.69, 9.17) is 10.5 Å². The van der Waals surface area contributed by atoms with Crippen LogP contribution in [-0.2, 0) is 4.74 Å². The highest BCUT2D eigenvalue weighted by Gasteiger charge is 2.59. The van der Waals surface area contributed by atoms with Crippen LogP contribution in [0.3, 0.4) is 0 Å². The summed E-state index contributed by atoms with van der Waals surface area (Å²) in [5.41, 5.74) is 7.64. The van der Waals surface area contributed by atoms with Crippen LogP contribution in [0.2, 0.25) is 0 Å². The van der Waals surface area contributed by atoms with Crippen molar-refractivity contribution in [1.29, 1.82) is 0 Å². The van der Waals surface area contributed by atoms with E-state index < -0.39 is 0 Å². The molecular formula is C20H35NO. The number of nitrogens with two attached hydrogens (primary N) is 1. The lowest BCUT2D eigenvalue weighted by molar-refractivity contribution is -0.108. The molecule has 0 bridgehead atoms. The van der Waals surface area contributed by atoms with Crippen LogP contribution in [0.4, 0.5) is 0 Å². The quantitative estimate of drug-likeness (QED) is 0.780. The highest BCUT2D eigenvalue weighted by molar-refractivity contribution is 5.09. The third-order valence-corrected chi connectivity index (χ3v) is 8.77. The predicted octanol–water partition coefficient (Wildman–Crippen LogP) is 4.37. The van der Waals surface area contributed by atoms with Crippen molar-refractivity contribution < 1.29 is 4.74 Å². The Hall–Kier alpha value is -0.0800. The second-order valence-corrected chi connectivity index (χ2v) is 9.61. The highest BCUT2D eigenvalue weighted by atomic mass is 16.5. The summed E-state index contributed by atoms with van der Waals surface area (Å²) in [4.78, 5) is 0. The van der Waals surface area contributed by atoms with Crippen molar-refractivity contribution in [2.45, 2.75) is 83.8 Å². The van der Waals surface area contributed by atoms with Crippen molar-refractivity contribution in [3.63, 3.8) is 0 Å². The topological polar surface area (TPSA) is 35.2 Å². The van der Waals surface area contributed by atoms with Crippen LogP contribution in [0.1, 0.15) is 71.6 Å². The zero-order valence-electron chi connectivity index (χ0n) is 14.8. The summed E-state index contributed by atoms with van der Waals surface area (Å²) >= 11 is 0. The fourth-order valence-corrected chi connectivity index (χ4v) is 7.65. The molecule has 0 radical (unpaired) electrons. The molecular weight excluding hydrogens is 270 g/mol. The first-order valence-electron chi connectivity index (χ1n) is 9.76. The van der Waals surface area contributed by atoms with Crippen molar-refractivity contribution in [2.24, 2.45) is 40.2 Å². The minimum atomic E-state index is 0.475. The molecule has 2 nitrogen and oxygen atoms in total. The van der Waals surface area contributed by atoms with E-state index >= 15 is 0 Å². The Balaban J connectivity index is 1.62. The third-order valence-electron chi connectivity index (χ3n) is 8.77. The Morgan fingerprint density at radius 3 is 2.55 bits per heavy atom. The first-order chi connectivity index (χ1) is 10.5. The van der Waals surface area contributed by atoms with Crippen molar-refractivity contribution >= 4 is 0 Å². The van der Waals surface area contributed by atoms with Gasteiger partial charge in [-0.2, -0.15) is 0 Å². The van der Waals surface area contributed by atoms with Crippen LogP contribution in [-0.4, -0.2) is 19.3 Å². The lowest BCUT2D eigenvalue weighted by Gasteiger charge is -2.61. The first kappa shape index (κ1) is 15.4. The second-order valence-electron chi connectivity index (χ2n) is 9.61. The van der Waals surface area contributed by atoms with E-state index in [9.17, 15) is 0 Å². The SMILES string of the molecule is CO[C@H]1C[C@H]2[C@@H]3CC[C@H]4C(N)CCC[C@]4(C)[C@H]3CC[C@]2(C)C1. The van der Waals surface area contributed by atoms with Crippen LogP contribution >= 0.6 is 0 Å². The molecule has 0 aromatic carbocycles. The summed E-state index contributed by atoms with van der Waals surface area (Å²) in [5.74, 6) is 3.59. The summed E-state index contributed by atoms with van der Waals surface area (Å²) in [6, 6.07) is 0.475. The van der Waals surface area contributed by atoms with E-state index in [1.807, 2.05) is 7.11 Å². The predicted molar refractivity (Wildman–Crippen MR) is 90.5 cm³/mol. The molecule has 0 aromatic rings. The molecule has 4 aliphatic rings. The molecule has 0 aromatic heterocycles. The summed E-state index contributed by atoms with van der Waals surface area (Å²) in [7, 11) is 1.92. The monoisotopic (exact) mass is 305 g/mol.